The molecule has 0 heterocycles. The van der Waals surface area contributed by atoms with Crippen molar-refractivity contribution in [1.82, 2.24) is 5.32 Å². The Bertz CT molecular complexity index is 421. The standard InChI is InChI=1S/C17H26BrNO2/c1-13(14-6-5-7-15(18)10-14)19-11-16(20)12-21-17-8-3-2-4-9-17/h5-7,10,13,16-17,19-20H,2-4,8-9,11-12H2,1H3/t13-,16?/m1/s1. The van der Waals surface area contributed by atoms with Gasteiger partial charge in [-0.05, 0) is 37.5 Å². The molecule has 118 valence electrons. The molecule has 21 heavy (non-hydrogen) atoms. The number of rotatable bonds is 7. The molecule has 0 spiro atoms. The third kappa shape index (κ3) is 6.07. The normalized spacial score (nSPS) is 19.4. The average Bonchev–Trinajstić information content (AvgIpc) is 2.51. The average molecular weight is 356 g/mol. The van der Waals surface area contributed by atoms with Gasteiger partial charge in [0.15, 0.2) is 0 Å². The largest absolute Gasteiger partial charge is 0.389 e. The van der Waals surface area contributed by atoms with E-state index in [4.69, 9.17) is 4.74 Å². The lowest BCUT2D eigenvalue weighted by Gasteiger charge is -2.24. The van der Waals surface area contributed by atoms with Gasteiger partial charge in [0, 0.05) is 17.1 Å². The number of benzene rings is 1. The first-order valence-corrected chi connectivity index (χ1v) is 8.73. The predicted molar refractivity (Wildman–Crippen MR) is 89.4 cm³/mol. The summed E-state index contributed by atoms with van der Waals surface area (Å²) in [5, 5.41) is 13.4. The lowest BCUT2D eigenvalue weighted by atomic mass is 9.98. The van der Waals surface area contributed by atoms with Crippen LogP contribution in [0.3, 0.4) is 0 Å². The summed E-state index contributed by atoms with van der Waals surface area (Å²) in [4.78, 5) is 0. The highest BCUT2D eigenvalue weighted by atomic mass is 79.9. The van der Waals surface area contributed by atoms with E-state index >= 15 is 0 Å². The van der Waals surface area contributed by atoms with Crippen molar-refractivity contribution >= 4 is 15.9 Å². The second-order valence-electron chi connectivity index (χ2n) is 5.93. The van der Waals surface area contributed by atoms with E-state index in [1.165, 1.54) is 24.8 Å². The van der Waals surface area contributed by atoms with Crippen molar-refractivity contribution in [3.05, 3.63) is 34.3 Å². The Morgan fingerprint density at radius 1 is 1.33 bits per heavy atom. The van der Waals surface area contributed by atoms with E-state index in [0.29, 0.717) is 19.3 Å². The molecular formula is C17H26BrNO2. The van der Waals surface area contributed by atoms with E-state index in [9.17, 15) is 5.11 Å². The van der Waals surface area contributed by atoms with E-state index in [1.807, 2.05) is 12.1 Å². The Hall–Kier alpha value is -0.420. The zero-order valence-electron chi connectivity index (χ0n) is 12.7. The lowest BCUT2D eigenvalue weighted by molar-refractivity contribution is -0.0235. The summed E-state index contributed by atoms with van der Waals surface area (Å²) in [7, 11) is 0. The Morgan fingerprint density at radius 3 is 2.81 bits per heavy atom. The van der Waals surface area contributed by atoms with Crippen LogP contribution in [0.5, 0.6) is 0 Å². The highest BCUT2D eigenvalue weighted by Crippen LogP contribution is 2.20. The molecule has 1 aromatic carbocycles. The number of ether oxygens (including phenoxy) is 1. The first-order chi connectivity index (χ1) is 10.1. The van der Waals surface area contributed by atoms with Gasteiger partial charge < -0.3 is 15.2 Å². The summed E-state index contributed by atoms with van der Waals surface area (Å²) in [6.07, 6.45) is 6.06. The molecule has 2 rings (SSSR count). The Labute approximate surface area is 136 Å². The summed E-state index contributed by atoms with van der Waals surface area (Å²) in [5.74, 6) is 0. The number of aliphatic hydroxyl groups is 1. The van der Waals surface area contributed by atoms with Crippen LogP contribution >= 0.6 is 15.9 Å². The predicted octanol–water partition coefficient (Wildman–Crippen LogP) is 3.81. The highest BCUT2D eigenvalue weighted by molar-refractivity contribution is 9.10. The molecule has 4 heteroatoms. The van der Waals surface area contributed by atoms with E-state index in [-0.39, 0.29) is 6.04 Å². The third-order valence-corrected chi connectivity index (χ3v) is 4.58. The summed E-state index contributed by atoms with van der Waals surface area (Å²) in [6.45, 7) is 3.10. The van der Waals surface area contributed by atoms with E-state index < -0.39 is 6.10 Å². The Morgan fingerprint density at radius 2 is 2.10 bits per heavy atom. The van der Waals surface area contributed by atoms with Gasteiger partial charge in [-0.25, -0.2) is 0 Å². The fourth-order valence-corrected chi connectivity index (χ4v) is 3.16. The van der Waals surface area contributed by atoms with Crippen molar-refractivity contribution in [3.8, 4) is 0 Å². The van der Waals surface area contributed by atoms with E-state index in [0.717, 1.165) is 17.3 Å². The second kappa shape index (κ2) is 8.89. The number of hydrogen-bond donors (Lipinski definition) is 2. The summed E-state index contributed by atoms with van der Waals surface area (Å²) >= 11 is 3.48. The van der Waals surface area contributed by atoms with Gasteiger partial charge in [0.2, 0.25) is 0 Å². The van der Waals surface area contributed by atoms with Crippen LogP contribution in [0.25, 0.3) is 0 Å². The maximum absolute atomic E-state index is 10.0. The van der Waals surface area contributed by atoms with Gasteiger partial charge in [0.05, 0.1) is 18.8 Å². The zero-order chi connectivity index (χ0) is 15.1. The molecule has 2 atom stereocenters. The molecule has 0 amide bonds. The first kappa shape index (κ1) is 16.9. The maximum atomic E-state index is 10.0. The van der Waals surface area contributed by atoms with Crippen LogP contribution in [0.2, 0.25) is 0 Å². The van der Waals surface area contributed by atoms with Gasteiger partial charge in [-0.3, -0.25) is 0 Å². The SMILES string of the molecule is C[C@@H](NCC(O)COC1CCCCC1)c1cccc(Br)c1. The Balaban J connectivity index is 1.67. The third-order valence-electron chi connectivity index (χ3n) is 4.08. The molecule has 2 N–H and O–H groups in total. The van der Waals surface area contributed by atoms with Gasteiger partial charge in [0.1, 0.15) is 0 Å². The van der Waals surface area contributed by atoms with Crippen LogP contribution < -0.4 is 5.32 Å². The van der Waals surface area contributed by atoms with Crippen LogP contribution in [-0.2, 0) is 4.74 Å². The van der Waals surface area contributed by atoms with Crippen LogP contribution in [0.4, 0.5) is 0 Å². The molecule has 0 radical (unpaired) electrons. The zero-order valence-corrected chi connectivity index (χ0v) is 14.3. The fourth-order valence-electron chi connectivity index (χ4n) is 2.74. The van der Waals surface area contributed by atoms with Gasteiger partial charge in [0.25, 0.3) is 0 Å². The fraction of sp³-hybridized carbons (Fsp3) is 0.647. The molecule has 1 unspecified atom stereocenters. The quantitative estimate of drug-likeness (QED) is 0.781. The number of nitrogens with one attached hydrogen (secondary N) is 1. The lowest BCUT2D eigenvalue weighted by Crippen LogP contribution is -2.33. The topological polar surface area (TPSA) is 41.5 Å². The number of halogens is 1. The van der Waals surface area contributed by atoms with Crippen molar-refractivity contribution in [2.45, 2.75) is 57.3 Å². The van der Waals surface area contributed by atoms with E-state index in [1.54, 1.807) is 0 Å². The monoisotopic (exact) mass is 355 g/mol. The van der Waals surface area contributed by atoms with Crippen LogP contribution in [-0.4, -0.2) is 30.5 Å². The second-order valence-corrected chi connectivity index (χ2v) is 6.85. The molecule has 3 nitrogen and oxygen atoms in total. The minimum atomic E-state index is -0.443. The highest BCUT2D eigenvalue weighted by Gasteiger charge is 2.16. The van der Waals surface area contributed by atoms with Crippen molar-refractivity contribution in [1.29, 1.82) is 0 Å². The molecule has 1 aliphatic carbocycles. The van der Waals surface area contributed by atoms with Gasteiger partial charge in [-0.1, -0.05) is 47.3 Å². The molecule has 0 saturated heterocycles. The minimum Gasteiger partial charge on any atom is -0.389 e. The number of aliphatic hydroxyl groups excluding tert-OH is 1. The first-order valence-electron chi connectivity index (χ1n) is 7.93. The van der Waals surface area contributed by atoms with E-state index in [2.05, 4.69) is 40.3 Å². The molecule has 1 aliphatic rings. The molecule has 0 aliphatic heterocycles. The van der Waals surface area contributed by atoms with Crippen molar-refractivity contribution in [2.24, 2.45) is 0 Å². The molecule has 1 aromatic rings. The molecule has 1 saturated carbocycles. The van der Waals surface area contributed by atoms with Gasteiger partial charge in [-0.15, -0.1) is 0 Å². The molecule has 0 bridgehead atoms. The molecule has 1 fully saturated rings. The van der Waals surface area contributed by atoms with Gasteiger partial charge >= 0.3 is 0 Å². The minimum absolute atomic E-state index is 0.215. The van der Waals surface area contributed by atoms with Crippen LogP contribution in [0.1, 0.15) is 50.6 Å². The summed E-state index contributed by atoms with van der Waals surface area (Å²) in [5.41, 5.74) is 1.21. The van der Waals surface area contributed by atoms with Gasteiger partial charge in [-0.2, -0.15) is 0 Å². The Kier molecular flexibility index (Phi) is 7.17. The summed E-state index contributed by atoms with van der Waals surface area (Å²) in [6, 6.07) is 8.45. The molecule has 0 aromatic heterocycles. The van der Waals surface area contributed by atoms with Crippen molar-refractivity contribution in [2.75, 3.05) is 13.2 Å². The van der Waals surface area contributed by atoms with Crippen LogP contribution in [0, 0.1) is 0 Å². The number of hydrogen-bond acceptors (Lipinski definition) is 3. The van der Waals surface area contributed by atoms with Crippen molar-refractivity contribution < 1.29 is 9.84 Å². The molecular weight excluding hydrogens is 330 g/mol. The van der Waals surface area contributed by atoms with Crippen LogP contribution in [0.15, 0.2) is 28.7 Å². The maximum Gasteiger partial charge on any atom is 0.0898 e. The summed E-state index contributed by atoms with van der Waals surface area (Å²) < 4.78 is 6.88. The smallest absolute Gasteiger partial charge is 0.0898 e. The van der Waals surface area contributed by atoms with Crippen molar-refractivity contribution in [3.63, 3.8) is 0 Å².